The van der Waals surface area contributed by atoms with E-state index >= 15 is 0 Å². The van der Waals surface area contributed by atoms with E-state index in [0.29, 0.717) is 13.0 Å². The zero-order valence-corrected chi connectivity index (χ0v) is 25.5. The molecule has 2 saturated heterocycles. The molecule has 44 heavy (non-hydrogen) atoms. The van der Waals surface area contributed by atoms with Crippen LogP contribution in [0.1, 0.15) is 63.5 Å². The number of cyclic esters (lactones) is 1. The number of likely N-dealkylation sites (tertiary alicyclic amines) is 1. The molecule has 4 heterocycles. The van der Waals surface area contributed by atoms with Gasteiger partial charge in [0.2, 0.25) is 17.7 Å². The summed E-state index contributed by atoms with van der Waals surface area (Å²) in [4.78, 5) is 61.0. The highest BCUT2D eigenvalue weighted by atomic mass is 16.6. The first-order chi connectivity index (χ1) is 21.3. The molecule has 0 aromatic heterocycles. The van der Waals surface area contributed by atoms with Gasteiger partial charge in [0.15, 0.2) is 0 Å². The van der Waals surface area contributed by atoms with E-state index in [1.807, 2.05) is 60.4 Å². The fourth-order valence-corrected chi connectivity index (χ4v) is 7.97. The van der Waals surface area contributed by atoms with Gasteiger partial charge in [0.05, 0.1) is 24.7 Å². The SMILES string of the molecule is C[C@H]1[C@H](c2ccccc2)OC(=O)[C@@H]2[C@H](/C=C\CCC(=O)N1C)O[C@@]13C=CCN(C4CCCCC4)C(=O)[C@@H]1N(CCO)C(=O)[C@@H]23. The second kappa shape index (κ2) is 12.5. The van der Waals surface area contributed by atoms with Gasteiger partial charge in [-0.2, -0.15) is 0 Å². The van der Waals surface area contributed by atoms with Gasteiger partial charge in [-0.3, -0.25) is 19.2 Å². The average Bonchev–Trinajstić information content (AvgIpc) is 3.42. The number of hydrogen-bond donors (Lipinski definition) is 1. The van der Waals surface area contributed by atoms with Crippen molar-refractivity contribution in [3.63, 3.8) is 0 Å². The summed E-state index contributed by atoms with van der Waals surface area (Å²) in [6, 6.07) is 7.87. The van der Waals surface area contributed by atoms with E-state index in [9.17, 15) is 24.3 Å². The zero-order chi connectivity index (χ0) is 31.0. The third kappa shape index (κ3) is 5.15. The van der Waals surface area contributed by atoms with Crippen molar-refractivity contribution in [1.29, 1.82) is 0 Å². The fourth-order valence-electron chi connectivity index (χ4n) is 7.97. The first-order valence-electron chi connectivity index (χ1n) is 16.0. The number of nitrogens with zero attached hydrogens (tertiary/aromatic N) is 3. The number of aliphatic hydroxyl groups excluding tert-OH is 1. The van der Waals surface area contributed by atoms with Gasteiger partial charge in [-0.15, -0.1) is 0 Å². The number of rotatable bonds is 4. The van der Waals surface area contributed by atoms with Gasteiger partial charge < -0.3 is 29.3 Å². The van der Waals surface area contributed by atoms with Crippen LogP contribution in [0.3, 0.4) is 0 Å². The Labute approximate surface area is 258 Å². The molecule has 5 aliphatic rings. The van der Waals surface area contributed by atoms with Crippen LogP contribution < -0.4 is 0 Å². The molecule has 1 saturated carbocycles. The Bertz CT molecular complexity index is 1330. The van der Waals surface area contributed by atoms with E-state index in [-0.39, 0.29) is 37.4 Å². The smallest absolute Gasteiger partial charge is 0.313 e. The maximum atomic E-state index is 14.4. The molecule has 1 aliphatic carbocycles. The minimum Gasteiger partial charge on any atom is -0.455 e. The molecular formula is C34H43N3O7. The van der Waals surface area contributed by atoms with Gasteiger partial charge >= 0.3 is 5.97 Å². The van der Waals surface area contributed by atoms with Crippen molar-refractivity contribution >= 4 is 23.7 Å². The molecule has 1 aromatic rings. The average molecular weight is 606 g/mol. The first-order valence-corrected chi connectivity index (χ1v) is 16.0. The van der Waals surface area contributed by atoms with Crippen molar-refractivity contribution in [3.8, 4) is 0 Å². The maximum absolute atomic E-state index is 14.4. The molecule has 1 N–H and O–H groups in total. The van der Waals surface area contributed by atoms with Crippen molar-refractivity contribution < 1.29 is 33.8 Å². The lowest BCUT2D eigenvalue weighted by atomic mass is 9.77. The van der Waals surface area contributed by atoms with E-state index in [1.165, 1.54) is 4.90 Å². The monoisotopic (exact) mass is 605 g/mol. The summed E-state index contributed by atoms with van der Waals surface area (Å²) < 4.78 is 13.0. The maximum Gasteiger partial charge on any atom is 0.313 e. The summed E-state index contributed by atoms with van der Waals surface area (Å²) in [6.45, 7) is 1.89. The summed E-state index contributed by atoms with van der Waals surface area (Å²) in [6.07, 6.45) is 11.4. The highest BCUT2D eigenvalue weighted by Crippen LogP contribution is 2.53. The molecule has 3 fully saturated rings. The molecule has 7 atom stereocenters. The number of ether oxygens (including phenoxy) is 2. The summed E-state index contributed by atoms with van der Waals surface area (Å²) >= 11 is 0. The first kappa shape index (κ1) is 30.5. The number of benzene rings is 1. The molecule has 0 unspecified atom stereocenters. The minimum atomic E-state index is -1.40. The molecule has 10 nitrogen and oxygen atoms in total. The molecular weight excluding hydrogens is 562 g/mol. The molecule has 4 aliphatic heterocycles. The Morgan fingerprint density at radius 2 is 1.75 bits per heavy atom. The Balaban J connectivity index is 1.41. The Hall–Kier alpha value is -3.50. The Morgan fingerprint density at radius 3 is 2.48 bits per heavy atom. The standard InChI is InChI=1S/C34H43N3O7/c1-22-29(23-12-5-3-6-13-23)43-33(42)27-25(16-9-10-17-26(39)35(22)2)44-34-18-11-19-36(24-14-7-4-8-15-24)32(41)30(34)37(20-21-38)31(40)28(27)34/h3,5-6,9,11-13,16,18,22,24-25,27-30,38H,4,7-8,10,14-15,17,19-21H2,1-2H3/b16-9-/t22-,25-,27+,28+,29+,30-,34+/m0/s1. The number of likely N-dealkylation sites (N-methyl/N-ethyl adjacent to an activating group) is 1. The lowest BCUT2D eigenvalue weighted by molar-refractivity contribution is -0.164. The second-order valence-electron chi connectivity index (χ2n) is 12.8. The predicted molar refractivity (Wildman–Crippen MR) is 161 cm³/mol. The van der Waals surface area contributed by atoms with Gasteiger partial charge in [-0.05, 0) is 31.7 Å². The number of aliphatic hydroxyl groups is 1. The quantitative estimate of drug-likeness (QED) is 0.415. The number of amides is 3. The van der Waals surface area contributed by atoms with Crippen LogP contribution in [0.5, 0.6) is 0 Å². The van der Waals surface area contributed by atoms with Gasteiger partial charge in [0.1, 0.15) is 23.7 Å². The van der Waals surface area contributed by atoms with Crippen LogP contribution in [0.25, 0.3) is 0 Å². The number of carbonyl (C=O) groups is 4. The van der Waals surface area contributed by atoms with E-state index < -0.39 is 53.6 Å². The molecule has 3 amide bonds. The minimum absolute atomic E-state index is 0.0396. The summed E-state index contributed by atoms with van der Waals surface area (Å²) in [5.41, 5.74) is -0.664. The number of β-amino-alcohol motifs (C(OH)–C–C–N with tert-alkyl or cyclic N) is 1. The number of esters is 1. The highest BCUT2D eigenvalue weighted by molar-refractivity contribution is 5.99. The van der Waals surface area contributed by atoms with Crippen LogP contribution in [0.15, 0.2) is 54.6 Å². The number of hydrogen-bond acceptors (Lipinski definition) is 7. The Kier molecular flexibility index (Phi) is 8.66. The summed E-state index contributed by atoms with van der Waals surface area (Å²) in [5.74, 6) is -3.33. The summed E-state index contributed by atoms with van der Waals surface area (Å²) in [5, 5.41) is 9.98. The second-order valence-corrected chi connectivity index (χ2v) is 12.8. The molecule has 0 radical (unpaired) electrons. The normalized spacial score (nSPS) is 35.8. The van der Waals surface area contributed by atoms with E-state index in [2.05, 4.69) is 0 Å². The summed E-state index contributed by atoms with van der Waals surface area (Å²) in [7, 11) is 1.71. The van der Waals surface area contributed by atoms with E-state index in [1.54, 1.807) is 18.0 Å². The van der Waals surface area contributed by atoms with Crippen molar-refractivity contribution in [2.45, 2.75) is 87.8 Å². The van der Waals surface area contributed by atoms with Gasteiger partial charge in [0, 0.05) is 32.6 Å². The number of carbonyl (C=O) groups excluding carboxylic acids is 4. The topological polar surface area (TPSA) is 117 Å². The third-order valence-corrected chi connectivity index (χ3v) is 10.3. The molecule has 1 spiro atoms. The molecule has 0 bridgehead atoms. The zero-order valence-electron chi connectivity index (χ0n) is 25.5. The van der Waals surface area contributed by atoms with Crippen LogP contribution in [0.4, 0.5) is 0 Å². The molecule has 1 aromatic carbocycles. The largest absolute Gasteiger partial charge is 0.455 e. The van der Waals surface area contributed by atoms with Gasteiger partial charge in [-0.1, -0.05) is 73.9 Å². The van der Waals surface area contributed by atoms with Crippen LogP contribution >= 0.6 is 0 Å². The lowest BCUT2D eigenvalue weighted by Gasteiger charge is -2.39. The van der Waals surface area contributed by atoms with Crippen LogP contribution in [-0.4, -0.2) is 100 Å². The van der Waals surface area contributed by atoms with Crippen molar-refractivity contribution in [2.24, 2.45) is 11.8 Å². The fraction of sp³-hybridized carbons (Fsp3) is 0.588. The van der Waals surface area contributed by atoms with E-state index in [4.69, 9.17) is 9.47 Å². The highest BCUT2D eigenvalue weighted by Gasteiger charge is 2.72. The van der Waals surface area contributed by atoms with Crippen LogP contribution in [0, 0.1) is 11.8 Å². The van der Waals surface area contributed by atoms with Crippen LogP contribution in [0.2, 0.25) is 0 Å². The van der Waals surface area contributed by atoms with Crippen molar-refractivity contribution in [2.75, 3.05) is 26.7 Å². The number of allylic oxidation sites excluding steroid dienone is 1. The third-order valence-electron chi connectivity index (χ3n) is 10.3. The molecule has 236 valence electrons. The lowest BCUT2D eigenvalue weighted by Crippen LogP contribution is -2.57. The molecule has 6 rings (SSSR count). The van der Waals surface area contributed by atoms with Gasteiger partial charge in [0.25, 0.3) is 0 Å². The molecule has 10 heteroatoms. The van der Waals surface area contributed by atoms with Crippen LogP contribution in [-0.2, 0) is 28.7 Å². The number of fused-ring (bicyclic) bond motifs is 2. The predicted octanol–water partition coefficient (Wildman–Crippen LogP) is 2.77. The van der Waals surface area contributed by atoms with Crippen molar-refractivity contribution in [3.05, 3.63) is 60.2 Å². The van der Waals surface area contributed by atoms with E-state index in [0.717, 1.165) is 37.7 Å². The van der Waals surface area contributed by atoms with Gasteiger partial charge in [-0.25, -0.2) is 0 Å². The Morgan fingerprint density at radius 1 is 1.00 bits per heavy atom. The van der Waals surface area contributed by atoms with Crippen molar-refractivity contribution in [1.82, 2.24) is 14.7 Å².